The highest BCUT2D eigenvalue weighted by atomic mass is 16.5. The summed E-state index contributed by atoms with van der Waals surface area (Å²) in [6, 6.07) is 0.364. The lowest BCUT2D eigenvalue weighted by Gasteiger charge is -2.20. The molecule has 0 bridgehead atoms. The predicted molar refractivity (Wildman–Crippen MR) is 84.1 cm³/mol. The van der Waals surface area contributed by atoms with Crippen LogP contribution < -0.4 is 5.32 Å². The standard InChI is InChI=1S/C16H31N3O2/c1-7-9-17-13(11(3)4)10-14-18-16(19-21-14)15(12(5)6)20-8-2/h11-13,15,17H,7-10H2,1-6H3. The van der Waals surface area contributed by atoms with Gasteiger partial charge in [-0.1, -0.05) is 39.8 Å². The molecule has 122 valence electrons. The predicted octanol–water partition coefficient (Wildman–Crippen LogP) is 3.37. The Labute approximate surface area is 128 Å². The van der Waals surface area contributed by atoms with Crippen molar-refractivity contribution in [2.75, 3.05) is 13.2 Å². The Morgan fingerprint density at radius 1 is 1.14 bits per heavy atom. The molecule has 0 aliphatic carbocycles. The molecular formula is C16H31N3O2. The first-order chi connectivity index (χ1) is 9.99. The zero-order valence-electron chi connectivity index (χ0n) is 14.3. The van der Waals surface area contributed by atoms with E-state index in [2.05, 4.69) is 50.1 Å². The molecule has 0 saturated carbocycles. The summed E-state index contributed by atoms with van der Waals surface area (Å²) >= 11 is 0. The molecular weight excluding hydrogens is 266 g/mol. The minimum atomic E-state index is -0.0893. The Bertz CT molecular complexity index is 391. The molecule has 0 saturated heterocycles. The average molecular weight is 297 g/mol. The van der Waals surface area contributed by atoms with Gasteiger partial charge in [-0.25, -0.2) is 0 Å². The Morgan fingerprint density at radius 2 is 1.86 bits per heavy atom. The smallest absolute Gasteiger partial charge is 0.228 e. The van der Waals surface area contributed by atoms with Crippen LogP contribution in [0.25, 0.3) is 0 Å². The maximum atomic E-state index is 5.72. The Morgan fingerprint density at radius 3 is 2.38 bits per heavy atom. The summed E-state index contributed by atoms with van der Waals surface area (Å²) in [4.78, 5) is 4.54. The van der Waals surface area contributed by atoms with Gasteiger partial charge in [-0.05, 0) is 31.7 Å². The lowest BCUT2D eigenvalue weighted by atomic mass is 10.0. The minimum absolute atomic E-state index is 0.0893. The number of hydrogen-bond donors (Lipinski definition) is 1. The molecule has 0 aromatic carbocycles. The van der Waals surface area contributed by atoms with Gasteiger partial charge in [-0.3, -0.25) is 0 Å². The third-order valence-corrected chi connectivity index (χ3v) is 3.55. The summed E-state index contributed by atoms with van der Waals surface area (Å²) in [7, 11) is 0. The number of nitrogens with zero attached hydrogens (tertiary/aromatic N) is 2. The molecule has 1 N–H and O–H groups in total. The van der Waals surface area contributed by atoms with Crippen LogP contribution in [0.3, 0.4) is 0 Å². The van der Waals surface area contributed by atoms with Crippen molar-refractivity contribution in [2.45, 2.75) is 66.5 Å². The van der Waals surface area contributed by atoms with E-state index in [1.807, 2.05) is 6.92 Å². The summed E-state index contributed by atoms with van der Waals surface area (Å²) in [6.07, 6.45) is 1.80. The van der Waals surface area contributed by atoms with E-state index in [1.54, 1.807) is 0 Å². The van der Waals surface area contributed by atoms with Gasteiger partial charge >= 0.3 is 0 Å². The van der Waals surface area contributed by atoms with Gasteiger partial charge in [-0.15, -0.1) is 0 Å². The molecule has 0 fully saturated rings. The molecule has 0 aliphatic rings. The van der Waals surface area contributed by atoms with E-state index in [1.165, 1.54) is 0 Å². The van der Waals surface area contributed by atoms with Crippen molar-refractivity contribution in [3.8, 4) is 0 Å². The van der Waals surface area contributed by atoms with Crippen molar-refractivity contribution >= 4 is 0 Å². The molecule has 1 heterocycles. The quantitative estimate of drug-likeness (QED) is 0.717. The van der Waals surface area contributed by atoms with Crippen LogP contribution in [0.1, 0.15) is 65.8 Å². The third-order valence-electron chi connectivity index (χ3n) is 3.55. The number of rotatable bonds is 10. The monoisotopic (exact) mass is 297 g/mol. The zero-order chi connectivity index (χ0) is 15.8. The van der Waals surface area contributed by atoms with Crippen molar-refractivity contribution in [3.05, 3.63) is 11.7 Å². The Balaban J connectivity index is 2.72. The number of ether oxygens (including phenoxy) is 1. The first-order valence-electron chi connectivity index (χ1n) is 8.16. The summed E-state index contributed by atoms with van der Waals surface area (Å²) in [5, 5.41) is 7.65. The van der Waals surface area contributed by atoms with E-state index in [0.717, 1.165) is 19.4 Å². The molecule has 1 aromatic rings. The molecule has 0 amide bonds. The fourth-order valence-corrected chi connectivity index (χ4v) is 2.27. The second kappa shape index (κ2) is 9.15. The summed E-state index contributed by atoms with van der Waals surface area (Å²) in [5.41, 5.74) is 0. The highest BCUT2D eigenvalue weighted by Gasteiger charge is 2.23. The van der Waals surface area contributed by atoms with E-state index >= 15 is 0 Å². The first-order valence-corrected chi connectivity index (χ1v) is 8.16. The minimum Gasteiger partial charge on any atom is -0.370 e. The summed E-state index contributed by atoms with van der Waals surface area (Å²) < 4.78 is 11.1. The van der Waals surface area contributed by atoms with Gasteiger partial charge in [0.1, 0.15) is 6.10 Å². The SMILES string of the molecule is CCCNC(Cc1nc(C(OCC)C(C)C)no1)C(C)C. The molecule has 1 aromatic heterocycles. The molecule has 0 aliphatic heterocycles. The fourth-order valence-electron chi connectivity index (χ4n) is 2.27. The molecule has 0 spiro atoms. The zero-order valence-corrected chi connectivity index (χ0v) is 14.3. The van der Waals surface area contributed by atoms with Gasteiger partial charge < -0.3 is 14.6 Å². The Kier molecular flexibility index (Phi) is 7.89. The van der Waals surface area contributed by atoms with E-state index < -0.39 is 0 Å². The lowest BCUT2D eigenvalue weighted by Crippen LogP contribution is -2.36. The first kappa shape index (κ1) is 18.1. The lowest BCUT2D eigenvalue weighted by molar-refractivity contribution is 0.0217. The van der Waals surface area contributed by atoms with Gasteiger partial charge in [-0.2, -0.15) is 4.98 Å². The molecule has 5 nitrogen and oxygen atoms in total. The van der Waals surface area contributed by atoms with Gasteiger partial charge in [0.25, 0.3) is 0 Å². The largest absolute Gasteiger partial charge is 0.370 e. The molecule has 21 heavy (non-hydrogen) atoms. The topological polar surface area (TPSA) is 60.2 Å². The molecule has 2 unspecified atom stereocenters. The van der Waals surface area contributed by atoms with Gasteiger partial charge in [0, 0.05) is 19.1 Å². The number of nitrogens with one attached hydrogen (secondary N) is 1. The third kappa shape index (κ3) is 5.75. The van der Waals surface area contributed by atoms with Gasteiger partial charge in [0.15, 0.2) is 0 Å². The van der Waals surface area contributed by atoms with E-state index in [0.29, 0.717) is 36.2 Å². The van der Waals surface area contributed by atoms with Crippen LogP contribution in [0, 0.1) is 11.8 Å². The van der Waals surface area contributed by atoms with Crippen LogP contribution in [-0.4, -0.2) is 29.3 Å². The maximum absolute atomic E-state index is 5.72. The van der Waals surface area contributed by atoms with Crippen LogP contribution in [-0.2, 0) is 11.2 Å². The Hall–Kier alpha value is -0.940. The van der Waals surface area contributed by atoms with Crippen molar-refractivity contribution in [1.29, 1.82) is 0 Å². The van der Waals surface area contributed by atoms with Gasteiger partial charge in [0.05, 0.1) is 0 Å². The fraction of sp³-hybridized carbons (Fsp3) is 0.875. The molecule has 5 heteroatoms. The summed E-state index contributed by atoms with van der Waals surface area (Å²) in [5.74, 6) is 2.21. The number of hydrogen-bond acceptors (Lipinski definition) is 5. The van der Waals surface area contributed by atoms with Crippen LogP contribution in [0.2, 0.25) is 0 Å². The van der Waals surface area contributed by atoms with E-state index in [-0.39, 0.29) is 6.10 Å². The molecule has 0 radical (unpaired) electrons. The second-order valence-corrected chi connectivity index (χ2v) is 6.18. The maximum Gasteiger partial charge on any atom is 0.228 e. The van der Waals surface area contributed by atoms with Crippen molar-refractivity contribution in [2.24, 2.45) is 11.8 Å². The normalized spacial score (nSPS) is 14.9. The van der Waals surface area contributed by atoms with Gasteiger partial charge in [0.2, 0.25) is 11.7 Å². The van der Waals surface area contributed by atoms with E-state index in [4.69, 9.17) is 9.26 Å². The molecule has 1 rings (SSSR count). The van der Waals surface area contributed by atoms with Crippen LogP contribution in [0.15, 0.2) is 4.52 Å². The highest BCUT2D eigenvalue weighted by molar-refractivity contribution is 4.95. The van der Waals surface area contributed by atoms with Crippen molar-refractivity contribution in [1.82, 2.24) is 15.5 Å². The average Bonchev–Trinajstić information content (AvgIpc) is 2.88. The summed E-state index contributed by atoms with van der Waals surface area (Å²) in [6.45, 7) is 14.5. The van der Waals surface area contributed by atoms with Crippen LogP contribution >= 0.6 is 0 Å². The van der Waals surface area contributed by atoms with Crippen molar-refractivity contribution in [3.63, 3.8) is 0 Å². The second-order valence-electron chi connectivity index (χ2n) is 6.18. The van der Waals surface area contributed by atoms with Crippen LogP contribution in [0.4, 0.5) is 0 Å². The van der Waals surface area contributed by atoms with Crippen molar-refractivity contribution < 1.29 is 9.26 Å². The molecule has 2 atom stereocenters. The number of aromatic nitrogens is 2. The van der Waals surface area contributed by atoms with E-state index in [9.17, 15) is 0 Å². The highest BCUT2D eigenvalue weighted by Crippen LogP contribution is 2.23. The van der Waals surface area contributed by atoms with Crippen LogP contribution in [0.5, 0.6) is 0 Å².